The maximum atomic E-state index is 5.42. The van der Waals surface area contributed by atoms with E-state index in [0.29, 0.717) is 6.04 Å². The summed E-state index contributed by atoms with van der Waals surface area (Å²) in [6.07, 6.45) is 2.58. The van der Waals surface area contributed by atoms with Crippen LogP contribution in [0.3, 0.4) is 0 Å². The zero-order chi connectivity index (χ0) is 9.97. The molecule has 4 unspecified atom stereocenters. The van der Waals surface area contributed by atoms with E-state index in [-0.39, 0.29) is 0 Å². The SMILES string of the molecule is CC1CC(NC(C)C2CCOC2)CS1. The van der Waals surface area contributed by atoms with Crippen LogP contribution < -0.4 is 5.32 Å². The minimum absolute atomic E-state index is 0.633. The first-order valence-electron chi connectivity index (χ1n) is 5.71. The Morgan fingerprint density at radius 3 is 2.93 bits per heavy atom. The molecule has 0 aromatic carbocycles. The van der Waals surface area contributed by atoms with E-state index in [4.69, 9.17) is 4.74 Å². The molecule has 2 heterocycles. The lowest BCUT2D eigenvalue weighted by atomic mass is 9.99. The fourth-order valence-corrected chi connectivity index (χ4v) is 3.55. The summed E-state index contributed by atoms with van der Waals surface area (Å²) in [7, 11) is 0. The molecule has 4 atom stereocenters. The number of hydrogen-bond acceptors (Lipinski definition) is 3. The summed E-state index contributed by atoms with van der Waals surface area (Å²) in [5.41, 5.74) is 0. The number of nitrogens with one attached hydrogen (secondary N) is 1. The van der Waals surface area contributed by atoms with Crippen molar-refractivity contribution in [3.8, 4) is 0 Å². The molecule has 0 amide bonds. The molecule has 0 aliphatic carbocycles. The van der Waals surface area contributed by atoms with Gasteiger partial charge in [-0.25, -0.2) is 0 Å². The molecule has 3 heteroatoms. The highest BCUT2D eigenvalue weighted by molar-refractivity contribution is 8.00. The van der Waals surface area contributed by atoms with Crippen LogP contribution >= 0.6 is 11.8 Å². The van der Waals surface area contributed by atoms with Gasteiger partial charge in [-0.15, -0.1) is 0 Å². The molecule has 0 bridgehead atoms. The minimum Gasteiger partial charge on any atom is -0.381 e. The molecule has 2 aliphatic heterocycles. The molecule has 82 valence electrons. The van der Waals surface area contributed by atoms with Gasteiger partial charge in [-0.2, -0.15) is 11.8 Å². The third kappa shape index (κ3) is 2.65. The molecule has 1 N–H and O–H groups in total. The van der Waals surface area contributed by atoms with Gasteiger partial charge in [-0.3, -0.25) is 0 Å². The highest BCUT2D eigenvalue weighted by Crippen LogP contribution is 2.27. The normalized spacial score (nSPS) is 40.3. The van der Waals surface area contributed by atoms with Gasteiger partial charge < -0.3 is 10.1 Å². The Kier molecular flexibility index (Phi) is 3.74. The van der Waals surface area contributed by atoms with Crippen molar-refractivity contribution in [3.63, 3.8) is 0 Å². The van der Waals surface area contributed by atoms with Crippen molar-refractivity contribution in [2.45, 2.75) is 44.0 Å². The molecule has 0 aromatic rings. The molecule has 2 fully saturated rings. The van der Waals surface area contributed by atoms with Gasteiger partial charge in [0.1, 0.15) is 0 Å². The Bertz CT molecular complexity index is 182. The summed E-state index contributed by atoms with van der Waals surface area (Å²) in [5, 5.41) is 4.60. The number of ether oxygens (including phenoxy) is 1. The van der Waals surface area contributed by atoms with Gasteiger partial charge in [0, 0.05) is 29.7 Å². The molecule has 0 spiro atoms. The maximum absolute atomic E-state index is 5.42. The topological polar surface area (TPSA) is 21.3 Å². The van der Waals surface area contributed by atoms with E-state index >= 15 is 0 Å². The lowest BCUT2D eigenvalue weighted by Crippen LogP contribution is -2.41. The predicted octanol–water partition coefficient (Wildman–Crippen LogP) is 1.90. The van der Waals surface area contributed by atoms with Gasteiger partial charge in [-0.1, -0.05) is 6.92 Å². The molecule has 0 saturated carbocycles. The zero-order valence-electron chi connectivity index (χ0n) is 9.16. The van der Waals surface area contributed by atoms with Gasteiger partial charge in [0.2, 0.25) is 0 Å². The smallest absolute Gasteiger partial charge is 0.0509 e. The van der Waals surface area contributed by atoms with Gasteiger partial charge in [-0.05, 0) is 25.7 Å². The minimum atomic E-state index is 0.633. The Morgan fingerprint density at radius 1 is 1.50 bits per heavy atom. The third-order valence-corrected chi connectivity index (χ3v) is 4.73. The standard InChI is InChI=1S/C11H21NOS/c1-8-5-11(7-14-8)12-9(2)10-3-4-13-6-10/h8-12H,3-7H2,1-2H3. The molecular formula is C11H21NOS. The van der Waals surface area contributed by atoms with Crippen LogP contribution in [0.2, 0.25) is 0 Å². The van der Waals surface area contributed by atoms with Crippen molar-refractivity contribution in [2.75, 3.05) is 19.0 Å². The van der Waals surface area contributed by atoms with E-state index in [1.807, 2.05) is 0 Å². The third-order valence-electron chi connectivity index (χ3n) is 3.37. The van der Waals surface area contributed by atoms with Gasteiger partial charge >= 0.3 is 0 Å². The average molecular weight is 215 g/mol. The van der Waals surface area contributed by atoms with E-state index in [0.717, 1.165) is 30.4 Å². The molecule has 2 rings (SSSR count). The summed E-state index contributed by atoms with van der Waals surface area (Å²) < 4.78 is 5.42. The molecule has 0 aromatic heterocycles. The van der Waals surface area contributed by atoms with E-state index in [9.17, 15) is 0 Å². The maximum Gasteiger partial charge on any atom is 0.0509 e. The summed E-state index contributed by atoms with van der Waals surface area (Å²) in [6.45, 7) is 6.57. The van der Waals surface area contributed by atoms with E-state index in [2.05, 4.69) is 30.9 Å². The van der Waals surface area contributed by atoms with E-state index in [1.165, 1.54) is 18.6 Å². The second-order valence-electron chi connectivity index (χ2n) is 4.66. The van der Waals surface area contributed by atoms with Crippen molar-refractivity contribution < 1.29 is 4.74 Å². The monoisotopic (exact) mass is 215 g/mol. The van der Waals surface area contributed by atoms with Crippen LogP contribution in [0.5, 0.6) is 0 Å². The van der Waals surface area contributed by atoms with Crippen LogP contribution in [-0.2, 0) is 4.74 Å². The largest absolute Gasteiger partial charge is 0.381 e. The molecule has 2 nitrogen and oxygen atoms in total. The summed E-state index contributed by atoms with van der Waals surface area (Å²) in [6, 6.07) is 1.37. The fourth-order valence-electron chi connectivity index (χ4n) is 2.39. The Balaban J connectivity index is 1.73. The number of hydrogen-bond donors (Lipinski definition) is 1. The number of thioether (sulfide) groups is 1. The molecule has 14 heavy (non-hydrogen) atoms. The lowest BCUT2D eigenvalue weighted by molar-refractivity contribution is 0.177. The Hall–Kier alpha value is 0.270. The van der Waals surface area contributed by atoms with Crippen LogP contribution in [0, 0.1) is 5.92 Å². The van der Waals surface area contributed by atoms with Crippen LogP contribution in [0.1, 0.15) is 26.7 Å². The zero-order valence-corrected chi connectivity index (χ0v) is 9.98. The summed E-state index contributed by atoms with van der Waals surface area (Å²) in [5.74, 6) is 2.04. The van der Waals surface area contributed by atoms with Crippen LogP contribution in [0.15, 0.2) is 0 Å². The van der Waals surface area contributed by atoms with Crippen molar-refractivity contribution in [3.05, 3.63) is 0 Å². The van der Waals surface area contributed by atoms with Crippen LogP contribution in [-0.4, -0.2) is 36.3 Å². The molecule has 2 aliphatic rings. The Morgan fingerprint density at radius 2 is 2.36 bits per heavy atom. The van der Waals surface area contributed by atoms with Gasteiger partial charge in [0.25, 0.3) is 0 Å². The first-order chi connectivity index (χ1) is 6.75. The molecule has 0 radical (unpaired) electrons. The second kappa shape index (κ2) is 4.86. The average Bonchev–Trinajstić information content (AvgIpc) is 2.75. The van der Waals surface area contributed by atoms with Crippen molar-refractivity contribution >= 4 is 11.8 Å². The summed E-state index contributed by atoms with van der Waals surface area (Å²) in [4.78, 5) is 0. The first-order valence-corrected chi connectivity index (χ1v) is 6.76. The van der Waals surface area contributed by atoms with E-state index < -0.39 is 0 Å². The van der Waals surface area contributed by atoms with Gasteiger partial charge in [0.05, 0.1) is 6.61 Å². The van der Waals surface area contributed by atoms with Crippen molar-refractivity contribution in [2.24, 2.45) is 5.92 Å². The predicted molar refractivity (Wildman–Crippen MR) is 61.8 cm³/mol. The van der Waals surface area contributed by atoms with E-state index in [1.54, 1.807) is 0 Å². The van der Waals surface area contributed by atoms with Crippen molar-refractivity contribution in [1.29, 1.82) is 0 Å². The van der Waals surface area contributed by atoms with Crippen LogP contribution in [0.25, 0.3) is 0 Å². The Labute approximate surface area is 91.2 Å². The molecule has 2 saturated heterocycles. The fraction of sp³-hybridized carbons (Fsp3) is 1.00. The lowest BCUT2D eigenvalue weighted by Gasteiger charge is -2.23. The quantitative estimate of drug-likeness (QED) is 0.777. The molecular weight excluding hydrogens is 194 g/mol. The first kappa shape index (κ1) is 10.8. The summed E-state index contributed by atoms with van der Waals surface area (Å²) >= 11 is 2.10. The van der Waals surface area contributed by atoms with Crippen LogP contribution in [0.4, 0.5) is 0 Å². The van der Waals surface area contributed by atoms with Gasteiger partial charge in [0.15, 0.2) is 0 Å². The van der Waals surface area contributed by atoms with Crippen molar-refractivity contribution in [1.82, 2.24) is 5.32 Å². The second-order valence-corrected chi connectivity index (χ2v) is 6.13. The number of rotatable bonds is 3. The highest BCUT2D eigenvalue weighted by atomic mass is 32.2. The highest BCUT2D eigenvalue weighted by Gasteiger charge is 2.27.